The summed E-state index contributed by atoms with van der Waals surface area (Å²) in [5, 5.41) is 6.91. The Labute approximate surface area is 166 Å². The summed E-state index contributed by atoms with van der Waals surface area (Å²) < 4.78 is 1.89. The van der Waals surface area contributed by atoms with Crippen LogP contribution < -0.4 is 0 Å². The van der Waals surface area contributed by atoms with E-state index in [4.69, 9.17) is 28.2 Å². The minimum absolute atomic E-state index is 0.644. The van der Waals surface area contributed by atoms with Gasteiger partial charge in [-0.2, -0.15) is 5.10 Å². The number of hydrogen-bond donors (Lipinski definition) is 0. The summed E-state index contributed by atoms with van der Waals surface area (Å²) in [5.41, 5.74) is 5.00. The zero-order valence-corrected chi connectivity index (χ0v) is 16.3. The van der Waals surface area contributed by atoms with Crippen molar-refractivity contribution in [3.63, 3.8) is 0 Å². The molecule has 4 aromatic rings. The van der Waals surface area contributed by atoms with E-state index in [1.165, 1.54) is 0 Å². The van der Waals surface area contributed by atoms with Gasteiger partial charge in [-0.15, -0.1) is 11.8 Å². The van der Waals surface area contributed by atoms with E-state index in [0.29, 0.717) is 10.0 Å². The van der Waals surface area contributed by atoms with E-state index in [-0.39, 0.29) is 0 Å². The summed E-state index contributed by atoms with van der Waals surface area (Å²) in [4.78, 5) is 4.70. The zero-order chi connectivity index (χ0) is 18.1. The molecule has 0 aliphatic carbocycles. The monoisotopic (exact) mass is 399 g/mol. The molecule has 0 bridgehead atoms. The van der Waals surface area contributed by atoms with Crippen molar-refractivity contribution in [2.24, 2.45) is 0 Å². The Morgan fingerprint density at radius 3 is 2.62 bits per heavy atom. The Balaban J connectivity index is 1.70. The molecule has 2 aromatic heterocycles. The molecule has 2 heterocycles. The number of rotatable bonds is 4. The summed E-state index contributed by atoms with van der Waals surface area (Å²) in [7, 11) is 0. The van der Waals surface area contributed by atoms with Crippen LogP contribution in [-0.4, -0.2) is 14.6 Å². The number of thioether (sulfide) groups is 1. The van der Waals surface area contributed by atoms with E-state index < -0.39 is 0 Å². The van der Waals surface area contributed by atoms with Gasteiger partial charge in [-0.1, -0.05) is 59.6 Å². The lowest BCUT2D eigenvalue weighted by atomic mass is 10.1. The van der Waals surface area contributed by atoms with Crippen molar-refractivity contribution in [3.05, 3.63) is 82.1 Å². The van der Waals surface area contributed by atoms with Crippen LogP contribution in [0, 0.1) is 6.92 Å². The van der Waals surface area contributed by atoms with Crippen LogP contribution in [0.5, 0.6) is 0 Å². The van der Waals surface area contributed by atoms with Crippen LogP contribution in [0.1, 0.15) is 11.3 Å². The van der Waals surface area contributed by atoms with Gasteiger partial charge in [0.1, 0.15) is 5.03 Å². The summed E-state index contributed by atoms with van der Waals surface area (Å²) in [6, 6.07) is 17.8. The van der Waals surface area contributed by atoms with Crippen molar-refractivity contribution in [1.29, 1.82) is 0 Å². The first kappa shape index (κ1) is 17.4. The number of aromatic nitrogens is 3. The second kappa shape index (κ2) is 7.31. The van der Waals surface area contributed by atoms with Gasteiger partial charge in [-0.3, -0.25) is 0 Å². The number of aryl methyl sites for hydroxylation is 1. The van der Waals surface area contributed by atoms with Gasteiger partial charge < -0.3 is 0 Å². The molecular weight excluding hydrogens is 385 g/mol. The quantitative estimate of drug-likeness (QED) is 0.297. The lowest BCUT2D eigenvalue weighted by molar-refractivity contribution is 0.834. The fourth-order valence-corrected chi connectivity index (χ4v) is 4.38. The van der Waals surface area contributed by atoms with E-state index >= 15 is 0 Å². The molecule has 0 amide bonds. The predicted octanol–water partition coefficient (Wildman–Crippen LogP) is 6.30. The lowest BCUT2D eigenvalue weighted by Gasteiger charge is -2.08. The van der Waals surface area contributed by atoms with Crippen LogP contribution in [0.4, 0.5) is 0 Å². The van der Waals surface area contributed by atoms with Gasteiger partial charge in [0, 0.05) is 27.1 Å². The molecule has 2 aromatic carbocycles. The van der Waals surface area contributed by atoms with Crippen molar-refractivity contribution in [2.75, 3.05) is 0 Å². The third-order valence-electron chi connectivity index (χ3n) is 4.04. The molecule has 0 aliphatic heterocycles. The van der Waals surface area contributed by atoms with Crippen molar-refractivity contribution in [2.45, 2.75) is 17.7 Å². The van der Waals surface area contributed by atoms with Crippen molar-refractivity contribution in [3.8, 4) is 11.1 Å². The molecular formula is C20H15Cl2N3S. The number of fused-ring (bicyclic) bond motifs is 1. The second-order valence-corrected chi connectivity index (χ2v) is 7.76. The summed E-state index contributed by atoms with van der Waals surface area (Å²) in [5.74, 6) is 0.731. The normalized spacial score (nSPS) is 11.2. The van der Waals surface area contributed by atoms with E-state index in [1.54, 1.807) is 17.8 Å². The average molecular weight is 400 g/mol. The number of nitrogens with zero attached hydrogens (tertiary/aromatic N) is 3. The Kier molecular flexibility index (Phi) is 4.90. The largest absolute Gasteiger partial charge is 0.233 e. The lowest BCUT2D eigenvalue weighted by Crippen LogP contribution is -1.97. The fourth-order valence-electron chi connectivity index (χ4n) is 2.76. The maximum absolute atomic E-state index is 6.30. The van der Waals surface area contributed by atoms with Crippen LogP contribution >= 0.6 is 35.0 Å². The molecule has 0 fully saturated rings. The van der Waals surface area contributed by atoms with Gasteiger partial charge in [0.2, 0.25) is 0 Å². The number of hydrogen-bond acceptors (Lipinski definition) is 3. The Morgan fingerprint density at radius 1 is 1.04 bits per heavy atom. The predicted molar refractivity (Wildman–Crippen MR) is 109 cm³/mol. The molecule has 0 saturated heterocycles. The SMILES string of the molecule is Cc1cc(SCc2ccc(Cl)cc2Cl)n2ncc(-c3ccccc3)c2n1. The van der Waals surface area contributed by atoms with Gasteiger partial charge in [-0.05, 0) is 36.2 Å². The van der Waals surface area contributed by atoms with Crippen LogP contribution in [-0.2, 0) is 5.75 Å². The minimum Gasteiger partial charge on any atom is -0.233 e. The van der Waals surface area contributed by atoms with Crippen molar-refractivity contribution < 1.29 is 0 Å². The molecule has 0 atom stereocenters. The first-order valence-corrected chi connectivity index (χ1v) is 9.83. The minimum atomic E-state index is 0.644. The first-order chi connectivity index (χ1) is 12.6. The van der Waals surface area contributed by atoms with Crippen molar-refractivity contribution >= 4 is 40.6 Å². The Hall–Kier alpha value is -2.01. The highest BCUT2D eigenvalue weighted by atomic mass is 35.5. The van der Waals surface area contributed by atoms with Gasteiger partial charge in [0.25, 0.3) is 0 Å². The van der Waals surface area contributed by atoms with Gasteiger partial charge >= 0.3 is 0 Å². The van der Waals surface area contributed by atoms with Crippen LogP contribution in [0.15, 0.2) is 65.8 Å². The van der Waals surface area contributed by atoms with Crippen molar-refractivity contribution in [1.82, 2.24) is 14.6 Å². The Morgan fingerprint density at radius 2 is 1.85 bits per heavy atom. The molecule has 0 spiro atoms. The van der Waals surface area contributed by atoms with E-state index in [2.05, 4.69) is 17.2 Å². The molecule has 0 saturated carbocycles. The van der Waals surface area contributed by atoms with Gasteiger partial charge in [-0.25, -0.2) is 9.50 Å². The third-order valence-corrected chi connectivity index (χ3v) is 5.67. The van der Waals surface area contributed by atoms with Crippen LogP contribution in [0.3, 0.4) is 0 Å². The summed E-state index contributed by atoms with van der Waals surface area (Å²) in [6.45, 7) is 2.00. The summed E-state index contributed by atoms with van der Waals surface area (Å²) >= 11 is 14.0. The van der Waals surface area contributed by atoms with Gasteiger partial charge in [0.05, 0.1) is 6.20 Å². The third kappa shape index (κ3) is 3.45. The topological polar surface area (TPSA) is 30.2 Å². The molecule has 0 aliphatic rings. The standard InChI is InChI=1S/C20H15Cl2N3S/c1-13-9-19(26-12-15-7-8-16(21)10-18(15)22)25-20(24-13)17(11-23-25)14-5-3-2-4-6-14/h2-11H,12H2,1H3. The maximum atomic E-state index is 6.30. The Bertz CT molecular complexity index is 1080. The van der Waals surface area contributed by atoms with E-state index in [0.717, 1.165) is 38.8 Å². The van der Waals surface area contributed by atoms with Gasteiger partial charge in [0.15, 0.2) is 5.65 Å². The average Bonchev–Trinajstić information content (AvgIpc) is 3.05. The molecule has 4 rings (SSSR count). The molecule has 3 nitrogen and oxygen atoms in total. The summed E-state index contributed by atoms with van der Waals surface area (Å²) in [6.07, 6.45) is 1.87. The van der Waals surface area contributed by atoms with E-state index in [1.807, 2.05) is 54.0 Å². The molecule has 26 heavy (non-hydrogen) atoms. The maximum Gasteiger partial charge on any atom is 0.164 e. The number of benzene rings is 2. The molecule has 0 unspecified atom stereocenters. The highest BCUT2D eigenvalue weighted by Gasteiger charge is 2.13. The molecule has 130 valence electrons. The van der Waals surface area contributed by atoms with Crippen LogP contribution in [0.2, 0.25) is 10.0 Å². The first-order valence-electron chi connectivity index (χ1n) is 8.09. The molecule has 6 heteroatoms. The van der Waals surface area contributed by atoms with Crippen LogP contribution in [0.25, 0.3) is 16.8 Å². The smallest absolute Gasteiger partial charge is 0.164 e. The number of halogens is 2. The van der Waals surface area contributed by atoms with E-state index in [9.17, 15) is 0 Å². The highest BCUT2D eigenvalue weighted by Crippen LogP contribution is 2.31. The molecule has 0 N–H and O–H groups in total. The highest BCUT2D eigenvalue weighted by molar-refractivity contribution is 7.98. The molecule has 0 radical (unpaired) electrons. The fraction of sp³-hybridized carbons (Fsp3) is 0.100. The second-order valence-electron chi connectivity index (χ2n) is 5.92. The zero-order valence-electron chi connectivity index (χ0n) is 14.0.